The average Bonchev–Trinajstić information content (AvgIpc) is 3.06. The number of ether oxygens (including phenoxy) is 1. The van der Waals surface area contributed by atoms with Crippen LogP contribution in [0.5, 0.6) is 0 Å². The van der Waals surface area contributed by atoms with E-state index in [2.05, 4.69) is 15.3 Å². The highest BCUT2D eigenvalue weighted by Gasteiger charge is 2.30. The molecule has 0 radical (unpaired) electrons. The highest BCUT2D eigenvalue weighted by Crippen LogP contribution is 2.28. The Balaban J connectivity index is 1.55. The molecule has 0 bridgehead atoms. The summed E-state index contributed by atoms with van der Waals surface area (Å²) in [6.45, 7) is 0.486. The van der Waals surface area contributed by atoms with E-state index in [0.717, 1.165) is 30.5 Å². The first-order valence-electron chi connectivity index (χ1n) is 8.21. The fourth-order valence-corrected chi connectivity index (χ4v) is 2.56. The molecular weight excluding hydrogens is 361 g/mol. The Hall–Kier alpha value is -3.10. The Labute approximate surface area is 153 Å². The summed E-state index contributed by atoms with van der Waals surface area (Å²) in [6.07, 6.45) is -2.28. The standard InChI is InChI=1S/C18H17F3N4O2/c19-18(20,21)12-4-8-15(23-9-12)16(26)24-13-5-1-11(2-6-13)3-7-14-10-27-17(22)25-14/h1-2,4-6,8-9,14H,3,7,10H2,(H2,22,25)(H,24,26)/t14-/m0/s1. The van der Waals surface area contributed by atoms with E-state index in [1.54, 1.807) is 12.1 Å². The number of amidine groups is 1. The first-order chi connectivity index (χ1) is 12.8. The Morgan fingerprint density at radius 2 is 1.96 bits per heavy atom. The van der Waals surface area contributed by atoms with Gasteiger partial charge in [0.05, 0.1) is 11.6 Å². The van der Waals surface area contributed by atoms with Crippen molar-refractivity contribution in [3.05, 3.63) is 59.4 Å². The summed E-state index contributed by atoms with van der Waals surface area (Å²) in [5.41, 5.74) is 6.05. The Morgan fingerprint density at radius 1 is 1.22 bits per heavy atom. The molecule has 142 valence electrons. The second-order valence-corrected chi connectivity index (χ2v) is 6.05. The van der Waals surface area contributed by atoms with E-state index in [1.807, 2.05) is 12.1 Å². The third-order valence-electron chi connectivity index (χ3n) is 4.03. The van der Waals surface area contributed by atoms with Crippen LogP contribution in [-0.2, 0) is 17.3 Å². The molecule has 0 unspecified atom stereocenters. The van der Waals surface area contributed by atoms with Gasteiger partial charge in [-0.05, 0) is 42.7 Å². The lowest BCUT2D eigenvalue weighted by Gasteiger charge is -2.09. The van der Waals surface area contributed by atoms with Crippen LogP contribution in [0, 0.1) is 0 Å². The molecule has 9 heteroatoms. The first kappa shape index (κ1) is 18.7. The number of aliphatic imine (C=N–C) groups is 1. The molecule has 2 aromatic rings. The van der Waals surface area contributed by atoms with Gasteiger partial charge in [-0.25, -0.2) is 4.99 Å². The van der Waals surface area contributed by atoms with Gasteiger partial charge < -0.3 is 15.8 Å². The van der Waals surface area contributed by atoms with Crippen molar-refractivity contribution in [1.82, 2.24) is 4.98 Å². The molecule has 0 fully saturated rings. The van der Waals surface area contributed by atoms with Crippen molar-refractivity contribution >= 4 is 17.6 Å². The molecule has 6 nitrogen and oxygen atoms in total. The normalized spacial score (nSPS) is 16.6. The van der Waals surface area contributed by atoms with Gasteiger partial charge in [0, 0.05) is 11.9 Å². The monoisotopic (exact) mass is 378 g/mol. The lowest BCUT2D eigenvalue weighted by molar-refractivity contribution is -0.137. The summed E-state index contributed by atoms with van der Waals surface area (Å²) in [4.78, 5) is 19.8. The molecule has 1 aromatic heterocycles. The number of halogens is 3. The van der Waals surface area contributed by atoms with Gasteiger partial charge in [-0.3, -0.25) is 9.78 Å². The third kappa shape index (κ3) is 4.96. The second-order valence-electron chi connectivity index (χ2n) is 6.05. The lowest BCUT2D eigenvalue weighted by Crippen LogP contribution is -2.15. The van der Waals surface area contributed by atoms with Gasteiger partial charge in [-0.1, -0.05) is 12.1 Å². The molecule has 2 heterocycles. The number of aryl methyl sites for hydroxylation is 1. The SMILES string of the molecule is NC1=N[C@@H](CCc2ccc(NC(=O)c3ccc(C(F)(F)F)cn3)cc2)CO1. The molecule has 3 N–H and O–H groups in total. The quantitative estimate of drug-likeness (QED) is 0.837. The molecule has 0 aliphatic carbocycles. The van der Waals surface area contributed by atoms with Crippen LogP contribution in [0.2, 0.25) is 0 Å². The molecule has 1 aliphatic heterocycles. The van der Waals surface area contributed by atoms with Crippen molar-refractivity contribution in [1.29, 1.82) is 0 Å². The fourth-order valence-electron chi connectivity index (χ4n) is 2.56. The van der Waals surface area contributed by atoms with Crippen LogP contribution in [-0.4, -0.2) is 29.6 Å². The zero-order valence-corrected chi connectivity index (χ0v) is 14.2. The number of anilines is 1. The summed E-state index contributed by atoms with van der Waals surface area (Å²) in [5.74, 6) is -0.579. The van der Waals surface area contributed by atoms with Crippen molar-refractivity contribution < 1.29 is 22.7 Å². The number of alkyl halides is 3. The van der Waals surface area contributed by atoms with Gasteiger partial charge in [0.25, 0.3) is 11.9 Å². The molecule has 1 atom stereocenters. The van der Waals surface area contributed by atoms with Crippen LogP contribution >= 0.6 is 0 Å². The van der Waals surface area contributed by atoms with Gasteiger partial charge in [0.1, 0.15) is 12.3 Å². The third-order valence-corrected chi connectivity index (χ3v) is 4.03. The van der Waals surface area contributed by atoms with Gasteiger partial charge in [-0.15, -0.1) is 0 Å². The van der Waals surface area contributed by atoms with Gasteiger partial charge in [0.15, 0.2) is 0 Å². The Kier molecular flexibility index (Phi) is 5.29. The smallest absolute Gasteiger partial charge is 0.417 e. The lowest BCUT2D eigenvalue weighted by atomic mass is 10.1. The molecule has 27 heavy (non-hydrogen) atoms. The number of carbonyl (C=O) groups excluding carboxylic acids is 1. The maximum Gasteiger partial charge on any atom is 0.417 e. The first-order valence-corrected chi connectivity index (χ1v) is 8.21. The number of hydrogen-bond acceptors (Lipinski definition) is 5. The summed E-state index contributed by atoms with van der Waals surface area (Å²) in [5, 5.41) is 2.61. The number of amides is 1. The van der Waals surface area contributed by atoms with Gasteiger partial charge >= 0.3 is 6.18 Å². The van der Waals surface area contributed by atoms with Gasteiger partial charge in [0.2, 0.25) is 0 Å². The number of nitrogens with two attached hydrogens (primary N) is 1. The number of benzene rings is 1. The Morgan fingerprint density at radius 3 is 2.52 bits per heavy atom. The number of aromatic nitrogens is 1. The zero-order valence-electron chi connectivity index (χ0n) is 14.2. The van der Waals surface area contributed by atoms with Crippen LogP contribution < -0.4 is 11.1 Å². The predicted octanol–water partition coefficient (Wildman–Crippen LogP) is 3.00. The van der Waals surface area contributed by atoms with Gasteiger partial charge in [-0.2, -0.15) is 13.2 Å². The number of nitrogens with zero attached hydrogens (tertiary/aromatic N) is 2. The van der Waals surface area contributed by atoms with Crippen LogP contribution in [0.1, 0.15) is 28.0 Å². The highest BCUT2D eigenvalue weighted by atomic mass is 19.4. The van der Waals surface area contributed by atoms with E-state index in [9.17, 15) is 18.0 Å². The summed E-state index contributed by atoms with van der Waals surface area (Å²) < 4.78 is 42.7. The number of rotatable bonds is 5. The average molecular weight is 378 g/mol. The van der Waals surface area contributed by atoms with E-state index >= 15 is 0 Å². The molecule has 0 saturated carbocycles. The summed E-state index contributed by atoms with van der Waals surface area (Å²) >= 11 is 0. The molecule has 0 saturated heterocycles. The number of hydrogen-bond donors (Lipinski definition) is 2. The minimum absolute atomic E-state index is 0.0510. The topological polar surface area (TPSA) is 89.6 Å². The van der Waals surface area contributed by atoms with E-state index in [0.29, 0.717) is 18.5 Å². The van der Waals surface area contributed by atoms with Crippen LogP contribution in [0.15, 0.2) is 47.6 Å². The highest BCUT2D eigenvalue weighted by molar-refractivity contribution is 6.02. The molecule has 1 aliphatic rings. The Bertz CT molecular complexity index is 833. The maximum absolute atomic E-state index is 12.5. The molecule has 0 spiro atoms. The minimum Gasteiger partial charge on any atom is -0.463 e. The van der Waals surface area contributed by atoms with Crippen molar-refractivity contribution in [2.75, 3.05) is 11.9 Å². The summed E-state index contributed by atoms with van der Waals surface area (Å²) in [6, 6.07) is 9.30. The molecule has 1 amide bonds. The predicted molar refractivity (Wildman–Crippen MR) is 93.3 cm³/mol. The van der Waals surface area contributed by atoms with E-state index < -0.39 is 17.6 Å². The van der Waals surface area contributed by atoms with E-state index in [-0.39, 0.29) is 17.8 Å². The largest absolute Gasteiger partial charge is 0.463 e. The van der Waals surface area contributed by atoms with Crippen molar-refractivity contribution in [2.24, 2.45) is 10.7 Å². The molecular formula is C18H17F3N4O2. The number of carbonyl (C=O) groups is 1. The van der Waals surface area contributed by atoms with Crippen molar-refractivity contribution in [3.63, 3.8) is 0 Å². The summed E-state index contributed by atoms with van der Waals surface area (Å²) in [7, 11) is 0. The second kappa shape index (κ2) is 7.65. The van der Waals surface area contributed by atoms with Crippen molar-refractivity contribution in [2.45, 2.75) is 25.1 Å². The fraction of sp³-hybridized carbons (Fsp3) is 0.278. The minimum atomic E-state index is -4.49. The number of pyridine rings is 1. The van der Waals surface area contributed by atoms with E-state index in [4.69, 9.17) is 10.5 Å². The molecule has 3 rings (SSSR count). The zero-order chi connectivity index (χ0) is 19.4. The van der Waals surface area contributed by atoms with Crippen LogP contribution in [0.3, 0.4) is 0 Å². The molecule has 1 aromatic carbocycles. The van der Waals surface area contributed by atoms with Crippen LogP contribution in [0.25, 0.3) is 0 Å². The maximum atomic E-state index is 12.5. The van der Waals surface area contributed by atoms with Crippen LogP contribution in [0.4, 0.5) is 18.9 Å². The van der Waals surface area contributed by atoms with E-state index in [1.165, 1.54) is 0 Å². The van der Waals surface area contributed by atoms with Crippen molar-refractivity contribution in [3.8, 4) is 0 Å². The number of nitrogens with one attached hydrogen (secondary N) is 1.